The summed E-state index contributed by atoms with van der Waals surface area (Å²) in [6, 6.07) is 1.97. The zero-order chi connectivity index (χ0) is 13.0. The molecule has 1 N–H and O–H groups in total. The molecule has 0 bridgehead atoms. The summed E-state index contributed by atoms with van der Waals surface area (Å²) in [4.78, 5) is 7.88. The van der Waals surface area contributed by atoms with Gasteiger partial charge in [0, 0.05) is 18.8 Å². The van der Waals surface area contributed by atoms with Crippen LogP contribution in [0, 0.1) is 5.92 Å². The van der Waals surface area contributed by atoms with Gasteiger partial charge in [0.25, 0.3) is 0 Å². The third-order valence-electron chi connectivity index (χ3n) is 3.41. The maximum absolute atomic E-state index is 12.5. The van der Waals surface area contributed by atoms with Gasteiger partial charge in [-0.15, -0.1) is 0 Å². The van der Waals surface area contributed by atoms with Crippen molar-refractivity contribution < 1.29 is 13.2 Å². The fourth-order valence-electron chi connectivity index (χ4n) is 2.30. The summed E-state index contributed by atoms with van der Waals surface area (Å²) in [6.45, 7) is 0.587. The molecule has 0 unspecified atom stereocenters. The van der Waals surface area contributed by atoms with E-state index in [1.54, 1.807) is 12.3 Å². The van der Waals surface area contributed by atoms with Gasteiger partial charge in [-0.05, 0) is 31.7 Å². The molecule has 0 spiro atoms. The summed E-state index contributed by atoms with van der Waals surface area (Å²) < 4.78 is 37.4. The molecule has 1 aliphatic carbocycles. The predicted molar refractivity (Wildman–Crippen MR) is 60.7 cm³/mol. The van der Waals surface area contributed by atoms with Crippen LogP contribution in [0.2, 0.25) is 0 Å². The van der Waals surface area contributed by atoms with Crippen molar-refractivity contribution in [1.82, 2.24) is 15.3 Å². The summed E-state index contributed by atoms with van der Waals surface area (Å²) in [7, 11) is 0. The van der Waals surface area contributed by atoms with Gasteiger partial charge in [0.1, 0.15) is 6.33 Å². The highest BCUT2D eigenvalue weighted by molar-refractivity contribution is 4.97. The van der Waals surface area contributed by atoms with E-state index < -0.39 is 12.1 Å². The van der Waals surface area contributed by atoms with Crippen LogP contribution in [-0.4, -0.2) is 22.2 Å². The zero-order valence-electron chi connectivity index (χ0n) is 9.95. The molecule has 1 heterocycles. The Kier molecular flexibility index (Phi) is 4.16. The molecule has 2 rings (SSSR count). The van der Waals surface area contributed by atoms with Crippen molar-refractivity contribution in [2.75, 3.05) is 0 Å². The minimum Gasteiger partial charge on any atom is -0.308 e. The van der Waals surface area contributed by atoms with Gasteiger partial charge in [-0.3, -0.25) is 0 Å². The molecule has 1 aromatic rings. The van der Waals surface area contributed by atoms with E-state index in [9.17, 15) is 13.2 Å². The second kappa shape index (κ2) is 5.65. The smallest absolute Gasteiger partial charge is 0.308 e. The Morgan fingerprint density at radius 3 is 2.50 bits per heavy atom. The van der Waals surface area contributed by atoms with E-state index in [0.717, 1.165) is 5.69 Å². The molecular weight excluding hydrogens is 243 g/mol. The molecule has 1 fully saturated rings. The van der Waals surface area contributed by atoms with Crippen molar-refractivity contribution in [3.8, 4) is 0 Å². The van der Waals surface area contributed by atoms with Gasteiger partial charge in [0.2, 0.25) is 0 Å². The van der Waals surface area contributed by atoms with Crippen LogP contribution >= 0.6 is 0 Å². The van der Waals surface area contributed by atoms with Crippen molar-refractivity contribution in [3.05, 3.63) is 24.3 Å². The number of rotatable bonds is 3. The highest BCUT2D eigenvalue weighted by Gasteiger charge is 2.41. The topological polar surface area (TPSA) is 37.8 Å². The molecule has 0 aromatic carbocycles. The SMILES string of the molecule is FC(F)(F)C1CCC(NCc2ccncn2)CC1. The lowest BCUT2D eigenvalue weighted by atomic mass is 9.85. The highest BCUT2D eigenvalue weighted by Crippen LogP contribution is 2.37. The van der Waals surface area contributed by atoms with E-state index in [2.05, 4.69) is 15.3 Å². The summed E-state index contributed by atoms with van der Waals surface area (Å²) in [6.07, 6.45) is 0.708. The lowest BCUT2D eigenvalue weighted by Crippen LogP contribution is -2.36. The van der Waals surface area contributed by atoms with Gasteiger partial charge in [0.15, 0.2) is 0 Å². The Balaban J connectivity index is 1.74. The van der Waals surface area contributed by atoms with E-state index in [4.69, 9.17) is 0 Å². The quantitative estimate of drug-likeness (QED) is 0.907. The van der Waals surface area contributed by atoms with Crippen LogP contribution in [0.3, 0.4) is 0 Å². The van der Waals surface area contributed by atoms with E-state index >= 15 is 0 Å². The van der Waals surface area contributed by atoms with Crippen molar-refractivity contribution in [1.29, 1.82) is 0 Å². The molecule has 100 valence electrons. The monoisotopic (exact) mass is 259 g/mol. The van der Waals surface area contributed by atoms with Gasteiger partial charge in [-0.1, -0.05) is 0 Å². The van der Waals surface area contributed by atoms with Gasteiger partial charge >= 0.3 is 6.18 Å². The second-order valence-corrected chi connectivity index (χ2v) is 4.67. The average Bonchev–Trinajstić information content (AvgIpc) is 2.37. The van der Waals surface area contributed by atoms with Gasteiger partial charge < -0.3 is 5.32 Å². The van der Waals surface area contributed by atoms with Crippen LogP contribution in [0.1, 0.15) is 31.4 Å². The van der Waals surface area contributed by atoms with Crippen LogP contribution in [0.25, 0.3) is 0 Å². The fraction of sp³-hybridized carbons (Fsp3) is 0.667. The van der Waals surface area contributed by atoms with Gasteiger partial charge in [-0.2, -0.15) is 13.2 Å². The number of alkyl halides is 3. The maximum atomic E-state index is 12.5. The third-order valence-corrected chi connectivity index (χ3v) is 3.41. The second-order valence-electron chi connectivity index (χ2n) is 4.67. The first-order valence-electron chi connectivity index (χ1n) is 6.10. The molecule has 0 saturated heterocycles. The number of aromatic nitrogens is 2. The molecule has 3 nitrogen and oxygen atoms in total. The number of hydrogen-bond donors (Lipinski definition) is 1. The van der Waals surface area contributed by atoms with Crippen molar-refractivity contribution in [3.63, 3.8) is 0 Å². The van der Waals surface area contributed by atoms with Crippen LogP contribution in [0.4, 0.5) is 13.2 Å². The summed E-state index contributed by atoms with van der Waals surface area (Å²) in [5.41, 5.74) is 0.864. The molecule has 1 saturated carbocycles. The van der Waals surface area contributed by atoms with E-state index in [0.29, 0.717) is 19.4 Å². The molecule has 1 aromatic heterocycles. The number of hydrogen-bond acceptors (Lipinski definition) is 3. The maximum Gasteiger partial charge on any atom is 0.391 e. The Morgan fingerprint density at radius 1 is 1.22 bits per heavy atom. The van der Waals surface area contributed by atoms with Gasteiger partial charge in [-0.25, -0.2) is 9.97 Å². The summed E-state index contributed by atoms with van der Waals surface area (Å²) in [5.74, 6) is -1.12. The molecule has 1 aliphatic rings. The van der Waals surface area contributed by atoms with Gasteiger partial charge in [0.05, 0.1) is 11.6 Å². The molecule has 0 amide bonds. The van der Waals surface area contributed by atoms with Crippen molar-refractivity contribution >= 4 is 0 Å². The Labute approximate surface area is 104 Å². The lowest BCUT2D eigenvalue weighted by Gasteiger charge is -2.30. The molecule has 0 atom stereocenters. The first kappa shape index (κ1) is 13.3. The highest BCUT2D eigenvalue weighted by atomic mass is 19.4. The number of nitrogens with zero attached hydrogens (tertiary/aromatic N) is 2. The molecular formula is C12H16F3N3. The Bertz CT molecular complexity index is 359. The Hall–Kier alpha value is -1.17. The van der Waals surface area contributed by atoms with Crippen LogP contribution in [-0.2, 0) is 6.54 Å². The average molecular weight is 259 g/mol. The fourth-order valence-corrected chi connectivity index (χ4v) is 2.30. The first-order chi connectivity index (χ1) is 8.55. The third kappa shape index (κ3) is 3.66. The lowest BCUT2D eigenvalue weighted by molar-refractivity contribution is -0.182. The van der Waals surface area contributed by atoms with Crippen molar-refractivity contribution in [2.24, 2.45) is 5.92 Å². The Morgan fingerprint density at radius 2 is 1.94 bits per heavy atom. The van der Waals surface area contributed by atoms with Crippen LogP contribution in [0.5, 0.6) is 0 Å². The summed E-state index contributed by atoms with van der Waals surface area (Å²) >= 11 is 0. The largest absolute Gasteiger partial charge is 0.391 e. The minimum absolute atomic E-state index is 0.165. The van der Waals surface area contributed by atoms with Crippen LogP contribution in [0.15, 0.2) is 18.6 Å². The molecule has 0 radical (unpaired) electrons. The first-order valence-corrected chi connectivity index (χ1v) is 6.10. The van der Waals surface area contributed by atoms with E-state index in [1.165, 1.54) is 6.33 Å². The normalized spacial score (nSPS) is 25.1. The summed E-state index contributed by atoms with van der Waals surface area (Å²) in [5, 5.41) is 3.25. The number of nitrogens with one attached hydrogen (secondary N) is 1. The van der Waals surface area contributed by atoms with E-state index in [1.807, 2.05) is 0 Å². The molecule has 0 aliphatic heterocycles. The van der Waals surface area contributed by atoms with Crippen LogP contribution < -0.4 is 5.32 Å². The standard InChI is InChI=1S/C12H16F3N3/c13-12(14,15)9-1-3-10(4-2-9)17-7-11-5-6-16-8-18-11/h5-6,8-10,17H,1-4,7H2. The molecule has 18 heavy (non-hydrogen) atoms. The van der Waals surface area contributed by atoms with E-state index in [-0.39, 0.29) is 18.9 Å². The minimum atomic E-state index is -4.03. The zero-order valence-corrected chi connectivity index (χ0v) is 9.95. The van der Waals surface area contributed by atoms with Crippen molar-refractivity contribution in [2.45, 2.75) is 44.4 Å². The number of halogens is 3. The molecule has 6 heteroatoms. The predicted octanol–water partition coefficient (Wildman–Crippen LogP) is 2.69.